The van der Waals surface area contributed by atoms with Crippen LogP contribution in [0.2, 0.25) is 0 Å². The first-order valence-electron chi connectivity index (χ1n) is 9.21. The molecular weight excluding hydrogens is 384 g/mol. The van der Waals surface area contributed by atoms with Gasteiger partial charge in [0.15, 0.2) is 6.61 Å². The largest absolute Gasteiger partial charge is 0.497 e. The summed E-state index contributed by atoms with van der Waals surface area (Å²) < 4.78 is 11.8. The number of benzene rings is 2. The van der Waals surface area contributed by atoms with Crippen molar-refractivity contribution in [3.63, 3.8) is 0 Å². The minimum atomic E-state index is -0.321. The summed E-state index contributed by atoms with van der Waals surface area (Å²) >= 11 is 0. The summed E-state index contributed by atoms with van der Waals surface area (Å²) in [5, 5.41) is 15.8. The second-order valence-corrected chi connectivity index (χ2v) is 6.28. The van der Waals surface area contributed by atoms with Crippen molar-refractivity contribution in [3.8, 4) is 28.8 Å². The molecule has 0 unspecified atom stereocenters. The molecule has 0 aliphatic carbocycles. The molecule has 0 atom stereocenters. The van der Waals surface area contributed by atoms with Crippen molar-refractivity contribution in [2.75, 3.05) is 20.3 Å². The highest BCUT2D eigenvalue weighted by Crippen LogP contribution is 2.19. The molecule has 8 nitrogen and oxygen atoms in total. The number of ether oxygens (including phenoxy) is 2. The van der Waals surface area contributed by atoms with E-state index in [0.717, 1.165) is 11.3 Å². The molecule has 0 spiro atoms. The summed E-state index contributed by atoms with van der Waals surface area (Å²) in [6, 6.07) is 18.9. The van der Waals surface area contributed by atoms with Gasteiger partial charge in [-0.3, -0.25) is 9.59 Å². The smallest absolute Gasteiger partial charge is 0.266 e. The number of methoxy groups -OCH3 is 1. The second kappa shape index (κ2) is 9.89. The average Bonchev–Trinajstić information content (AvgIpc) is 2.79. The van der Waals surface area contributed by atoms with Gasteiger partial charge in [0.2, 0.25) is 0 Å². The topological polar surface area (TPSA) is 106 Å². The maximum absolute atomic E-state index is 12.1. The van der Waals surface area contributed by atoms with E-state index in [4.69, 9.17) is 14.7 Å². The van der Waals surface area contributed by atoms with E-state index in [1.54, 1.807) is 37.4 Å². The maximum Gasteiger partial charge on any atom is 0.266 e. The van der Waals surface area contributed by atoms with Gasteiger partial charge in [0.05, 0.1) is 31.0 Å². The highest BCUT2D eigenvalue weighted by molar-refractivity contribution is 5.77. The van der Waals surface area contributed by atoms with E-state index in [1.165, 1.54) is 10.7 Å². The normalized spacial score (nSPS) is 10.1. The van der Waals surface area contributed by atoms with Crippen molar-refractivity contribution in [3.05, 3.63) is 76.6 Å². The van der Waals surface area contributed by atoms with Crippen LogP contribution in [0.25, 0.3) is 11.3 Å². The molecule has 0 aliphatic heterocycles. The lowest BCUT2D eigenvalue weighted by atomic mass is 10.1. The van der Waals surface area contributed by atoms with E-state index >= 15 is 0 Å². The molecule has 152 valence electrons. The molecule has 30 heavy (non-hydrogen) atoms. The molecule has 0 bridgehead atoms. The van der Waals surface area contributed by atoms with Crippen LogP contribution < -0.4 is 20.3 Å². The third kappa shape index (κ3) is 5.45. The van der Waals surface area contributed by atoms with Gasteiger partial charge < -0.3 is 14.8 Å². The minimum Gasteiger partial charge on any atom is -0.497 e. The van der Waals surface area contributed by atoms with Crippen molar-refractivity contribution in [1.82, 2.24) is 15.1 Å². The number of aromatic nitrogens is 2. The van der Waals surface area contributed by atoms with Crippen LogP contribution in [0, 0.1) is 11.3 Å². The van der Waals surface area contributed by atoms with Gasteiger partial charge in [-0.05, 0) is 54.6 Å². The highest BCUT2D eigenvalue weighted by atomic mass is 16.5. The number of nitrogens with one attached hydrogen (secondary N) is 1. The van der Waals surface area contributed by atoms with E-state index < -0.39 is 0 Å². The Balaban J connectivity index is 1.52. The predicted octanol–water partition coefficient (Wildman–Crippen LogP) is 1.99. The van der Waals surface area contributed by atoms with Crippen molar-refractivity contribution < 1.29 is 14.3 Å². The number of carbonyl (C=O) groups excluding carboxylic acids is 1. The Morgan fingerprint density at radius 2 is 1.77 bits per heavy atom. The zero-order chi connectivity index (χ0) is 21.3. The van der Waals surface area contributed by atoms with Crippen LogP contribution in [0.15, 0.2) is 65.5 Å². The molecule has 1 N–H and O–H groups in total. The zero-order valence-corrected chi connectivity index (χ0v) is 16.4. The molecule has 0 fully saturated rings. The number of nitrogens with zero attached hydrogens (tertiary/aromatic N) is 3. The summed E-state index contributed by atoms with van der Waals surface area (Å²) in [6.45, 7) is 0.292. The number of hydrogen-bond donors (Lipinski definition) is 1. The SMILES string of the molecule is COc1ccc(-c2ccc(=O)n(CCNC(=O)COc3ccc(C#N)cc3)n2)cc1. The quantitative estimate of drug-likeness (QED) is 0.615. The van der Waals surface area contributed by atoms with Gasteiger partial charge in [-0.15, -0.1) is 0 Å². The Hall–Kier alpha value is -4.12. The standard InChI is InChI=1S/C22H20N4O4/c1-29-18-8-4-17(5-9-18)20-10-11-22(28)26(25-20)13-12-24-21(27)15-30-19-6-2-16(14-23)3-7-19/h2-11H,12-13,15H2,1H3,(H,24,27). The fourth-order valence-electron chi connectivity index (χ4n) is 2.65. The molecule has 3 aromatic rings. The van der Waals surface area contributed by atoms with Crippen molar-refractivity contribution in [2.24, 2.45) is 0 Å². The van der Waals surface area contributed by atoms with Crippen LogP contribution in [0.1, 0.15) is 5.56 Å². The predicted molar refractivity (Wildman–Crippen MR) is 110 cm³/mol. The first-order valence-corrected chi connectivity index (χ1v) is 9.21. The number of nitriles is 1. The molecular formula is C22H20N4O4. The second-order valence-electron chi connectivity index (χ2n) is 6.28. The van der Waals surface area contributed by atoms with Gasteiger partial charge in [0.25, 0.3) is 11.5 Å². The van der Waals surface area contributed by atoms with E-state index in [1.807, 2.05) is 30.3 Å². The number of amides is 1. The molecule has 0 radical (unpaired) electrons. The Kier molecular flexibility index (Phi) is 6.79. The molecule has 0 saturated carbocycles. The van der Waals surface area contributed by atoms with Gasteiger partial charge in [-0.1, -0.05) is 0 Å². The van der Waals surface area contributed by atoms with E-state index in [0.29, 0.717) is 17.0 Å². The van der Waals surface area contributed by atoms with Gasteiger partial charge >= 0.3 is 0 Å². The molecule has 1 heterocycles. The number of rotatable bonds is 8. The lowest BCUT2D eigenvalue weighted by molar-refractivity contribution is -0.123. The summed E-state index contributed by atoms with van der Waals surface area (Å²) in [4.78, 5) is 24.0. The Morgan fingerprint density at radius 3 is 2.43 bits per heavy atom. The summed E-state index contributed by atoms with van der Waals surface area (Å²) in [7, 11) is 1.59. The molecule has 1 aromatic heterocycles. The van der Waals surface area contributed by atoms with Crippen LogP contribution in [0.5, 0.6) is 11.5 Å². The van der Waals surface area contributed by atoms with E-state index in [2.05, 4.69) is 10.4 Å². The lowest BCUT2D eigenvalue weighted by Gasteiger charge is -2.10. The van der Waals surface area contributed by atoms with Crippen LogP contribution >= 0.6 is 0 Å². The van der Waals surface area contributed by atoms with E-state index in [9.17, 15) is 9.59 Å². The van der Waals surface area contributed by atoms with Crippen LogP contribution in [0.4, 0.5) is 0 Å². The maximum atomic E-state index is 12.1. The van der Waals surface area contributed by atoms with Crippen molar-refractivity contribution in [1.29, 1.82) is 5.26 Å². The lowest BCUT2D eigenvalue weighted by Crippen LogP contribution is -2.34. The van der Waals surface area contributed by atoms with Crippen molar-refractivity contribution >= 4 is 5.91 Å². The van der Waals surface area contributed by atoms with Crippen molar-refractivity contribution in [2.45, 2.75) is 6.54 Å². The number of hydrogen-bond acceptors (Lipinski definition) is 6. The highest BCUT2D eigenvalue weighted by Gasteiger charge is 2.06. The first-order chi connectivity index (χ1) is 14.6. The summed E-state index contributed by atoms with van der Waals surface area (Å²) in [5.41, 5.74) is 1.76. The van der Waals surface area contributed by atoms with Gasteiger partial charge in [0, 0.05) is 18.2 Å². The molecule has 3 rings (SSSR count). The van der Waals surface area contributed by atoms with Gasteiger partial charge in [-0.25, -0.2) is 4.68 Å². The van der Waals surface area contributed by atoms with Crippen LogP contribution in [-0.2, 0) is 11.3 Å². The van der Waals surface area contributed by atoms with E-state index in [-0.39, 0.29) is 31.2 Å². The van der Waals surface area contributed by atoms with Crippen LogP contribution in [-0.4, -0.2) is 35.9 Å². The average molecular weight is 404 g/mol. The fraction of sp³-hybridized carbons (Fsp3) is 0.182. The van der Waals surface area contributed by atoms with Crippen LogP contribution in [0.3, 0.4) is 0 Å². The first kappa shape index (κ1) is 20.6. The molecule has 1 amide bonds. The third-order valence-electron chi connectivity index (χ3n) is 4.25. The molecule has 8 heteroatoms. The monoisotopic (exact) mass is 404 g/mol. The molecule has 0 saturated heterocycles. The number of carbonyl (C=O) groups is 1. The Bertz CT molecular complexity index is 1100. The third-order valence-corrected chi connectivity index (χ3v) is 4.25. The van der Waals surface area contributed by atoms with Gasteiger partial charge in [-0.2, -0.15) is 10.4 Å². The Morgan fingerprint density at radius 1 is 1.07 bits per heavy atom. The molecule has 0 aliphatic rings. The minimum absolute atomic E-state index is 0.167. The fourth-order valence-corrected chi connectivity index (χ4v) is 2.65. The zero-order valence-electron chi connectivity index (χ0n) is 16.4. The summed E-state index contributed by atoms with van der Waals surface area (Å²) in [5.74, 6) is 0.908. The summed E-state index contributed by atoms with van der Waals surface area (Å²) in [6.07, 6.45) is 0. The Labute approximate surface area is 173 Å². The van der Waals surface area contributed by atoms with Gasteiger partial charge in [0.1, 0.15) is 11.5 Å². The molecule has 2 aromatic carbocycles.